The van der Waals surface area contributed by atoms with Crippen molar-refractivity contribution >= 4 is 11.5 Å². The first-order chi connectivity index (χ1) is 6.81. The van der Waals surface area contributed by atoms with Crippen molar-refractivity contribution < 1.29 is 0 Å². The predicted octanol–water partition coefficient (Wildman–Crippen LogP) is 0.758. The predicted molar refractivity (Wildman–Crippen MR) is 55.3 cm³/mol. The lowest BCUT2D eigenvalue weighted by molar-refractivity contribution is 0.652. The Bertz CT molecular complexity index is 388. The Kier molecular flexibility index (Phi) is 2.30. The molecule has 2 rings (SSSR count). The molecular formula is C9H13N5. The summed E-state index contributed by atoms with van der Waals surface area (Å²) < 4.78 is 1.91. The molecular weight excluding hydrogens is 178 g/mol. The SMILES string of the molecule is CCn1nccc1C1=NN=C(N)CC1. The Labute approximate surface area is 82.3 Å². The first kappa shape index (κ1) is 8.93. The Balaban J connectivity index is 2.32. The van der Waals surface area contributed by atoms with Crippen LogP contribution in [0, 0.1) is 0 Å². The van der Waals surface area contributed by atoms with E-state index in [1.54, 1.807) is 6.20 Å². The van der Waals surface area contributed by atoms with Gasteiger partial charge < -0.3 is 5.73 Å². The van der Waals surface area contributed by atoms with Crippen LogP contribution in [0.4, 0.5) is 0 Å². The second kappa shape index (κ2) is 3.61. The molecule has 0 aromatic carbocycles. The third-order valence-corrected chi connectivity index (χ3v) is 2.23. The normalized spacial score (nSPS) is 16.4. The minimum absolute atomic E-state index is 0.608. The Hall–Kier alpha value is -1.65. The fourth-order valence-electron chi connectivity index (χ4n) is 1.48. The maximum atomic E-state index is 5.54. The van der Waals surface area contributed by atoms with Crippen molar-refractivity contribution in [3.8, 4) is 0 Å². The summed E-state index contributed by atoms with van der Waals surface area (Å²) >= 11 is 0. The van der Waals surface area contributed by atoms with Gasteiger partial charge in [0.05, 0.1) is 11.4 Å². The van der Waals surface area contributed by atoms with E-state index in [2.05, 4.69) is 22.2 Å². The molecule has 0 saturated heterocycles. The van der Waals surface area contributed by atoms with Gasteiger partial charge in [0.1, 0.15) is 5.84 Å². The van der Waals surface area contributed by atoms with Gasteiger partial charge in [-0.3, -0.25) is 4.68 Å². The van der Waals surface area contributed by atoms with E-state index in [9.17, 15) is 0 Å². The van der Waals surface area contributed by atoms with E-state index in [1.807, 2.05) is 10.7 Å². The summed E-state index contributed by atoms with van der Waals surface area (Å²) in [5, 5.41) is 12.1. The fraction of sp³-hybridized carbons (Fsp3) is 0.444. The first-order valence-electron chi connectivity index (χ1n) is 4.72. The summed E-state index contributed by atoms with van der Waals surface area (Å²) in [6.07, 6.45) is 3.41. The number of nitrogens with zero attached hydrogens (tertiary/aromatic N) is 4. The van der Waals surface area contributed by atoms with E-state index in [0.29, 0.717) is 5.84 Å². The van der Waals surface area contributed by atoms with Gasteiger partial charge in [-0.2, -0.15) is 10.2 Å². The quantitative estimate of drug-likeness (QED) is 0.749. The van der Waals surface area contributed by atoms with Crippen molar-refractivity contribution in [1.29, 1.82) is 0 Å². The highest BCUT2D eigenvalue weighted by molar-refractivity contribution is 6.02. The Morgan fingerprint density at radius 3 is 2.93 bits per heavy atom. The smallest absolute Gasteiger partial charge is 0.122 e. The molecule has 1 aromatic heterocycles. The van der Waals surface area contributed by atoms with Crippen LogP contribution in [0.5, 0.6) is 0 Å². The Morgan fingerprint density at radius 2 is 2.29 bits per heavy atom. The van der Waals surface area contributed by atoms with Crippen LogP contribution in [0.2, 0.25) is 0 Å². The molecule has 0 fully saturated rings. The third kappa shape index (κ3) is 1.53. The summed E-state index contributed by atoms with van der Waals surface area (Å²) in [5.74, 6) is 0.608. The van der Waals surface area contributed by atoms with Gasteiger partial charge in [0, 0.05) is 25.6 Å². The molecule has 0 saturated carbocycles. The van der Waals surface area contributed by atoms with Crippen LogP contribution >= 0.6 is 0 Å². The zero-order valence-electron chi connectivity index (χ0n) is 8.14. The second-order valence-electron chi connectivity index (χ2n) is 3.17. The van der Waals surface area contributed by atoms with Crippen molar-refractivity contribution in [2.45, 2.75) is 26.3 Å². The van der Waals surface area contributed by atoms with Gasteiger partial charge in [-0.05, 0) is 13.0 Å². The van der Waals surface area contributed by atoms with E-state index in [1.165, 1.54) is 0 Å². The molecule has 1 aromatic rings. The molecule has 1 aliphatic rings. The van der Waals surface area contributed by atoms with Crippen LogP contribution in [-0.2, 0) is 6.54 Å². The molecule has 0 aliphatic carbocycles. The van der Waals surface area contributed by atoms with Crippen LogP contribution in [0.25, 0.3) is 0 Å². The Morgan fingerprint density at radius 1 is 1.43 bits per heavy atom. The number of rotatable bonds is 2. The molecule has 1 aliphatic heterocycles. The summed E-state index contributed by atoms with van der Waals surface area (Å²) in [6, 6.07) is 1.96. The molecule has 0 spiro atoms. The van der Waals surface area contributed by atoms with Crippen LogP contribution in [0.15, 0.2) is 22.5 Å². The molecule has 2 N–H and O–H groups in total. The van der Waals surface area contributed by atoms with Crippen LogP contribution < -0.4 is 5.73 Å². The minimum atomic E-state index is 0.608. The highest BCUT2D eigenvalue weighted by atomic mass is 15.3. The zero-order chi connectivity index (χ0) is 9.97. The van der Waals surface area contributed by atoms with Gasteiger partial charge in [-0.25, -0.2) is 0 Å². The summed E-state index contributed by atoms with van der Waals surface area (Å²) in [5.41, 5.74) is 7.56. The average Bonchev–Trinajstić information content (AvgIpc) is 2.67. The number of nitrogens with two attached hydrogens (primary N) is 1. The number of amidine groups is 1. The third-order valence-electron chi connectivity index (χ3n) is 2.23. The first-order valence-corrected chi connectivity index (χ1v) is 4.72. The average molecular weight is 191 g/mol. The summed E-state index contributed by atoms with van der Waals surface area (Å²) in [7, 11) is 0. The van der Waals surface area contributed by atoms with E-state index in [4.69, 9.17) is 5.73 Å². The van der Waals surface area contributed by atoms with Crippen molar-refractivity contribution in [1.82, 2.24) is 9.78 Å². The van der Waals surface area contributed by atoms with Crippen molar-refractivity contribution in [2.24, 2.45) is 15.9 Å². The van der Waals surface area contributed by atoms with Gasteiger partial charge in [0.2, 0.25) is 0 Å². The van der Waals surface area contributed by atoms with Gasteiger partial charge >= 0.3 is 0 Å². The molecule has 0 bridgehead atoms. The molecule has 0 unspecified atom stereocenters. The lowest BCUT2D eigenvalue weighted by Gasteiger charge is -2.10. The largest absolute Gasteiger partial charge is 0.386 e. The molecule has 5 nitrogen and oxygen atoms in total. The van der Waals surface area contributed by atoms with Crippen LogP contribution in [-0.4, -0.2) is 21.3 Å². The molecule has 2 heterocycles. The molecule has 74 valence electrons. The lowest BCUT2D eigenvalue weighted by atomic mass is 10.1. The number of hydrogen-bond acceptors (Lipinski definition) is 4. The maximum absolute atomic E-state index is 5.54. The van der Waals surface area contributed by atoms with Gasteiger partial charge in [-0.15, -0.1) is 5.10 Å². The standard InChI is InChI=1S/C9H13N5/c1-2-14-8(5-6-11-14)7-3-4-9(10)13-12-7/h5-6H,2-4H2,1H3,(H2,10,13). The number of aryl methyl sites for hydroxylation is 1. The molecule has 0 radical (unpaired) electrons. The zero-order valence-corrected chi connectivity index (χ0v) is 8.14. The highest BCUT2D eigenvalue weighted by Gasteiger charge is 2.12. The van der Waals surface area contributed by atoms with Gasteiger partial charge in [-0.1, -0.05) is 0 Å². The van der Waals surface area contributed by atoms with Gasteiger partial charge in [0.25, 0.3) is 0 Å². The second-order valence-corrected chi connectivity index (χ2v) is 3.17. The highest BCUT2D eigenvalue weighted by Crippen LogP contribution is 2.10. The van der Waals surface area contributed by atoms with E-state index in [-0.39, 0.29) is 0 Å². The number of aromatic nitrogens is 2. The summed E-state index contributed by atoms with van der Waals surface area (Å²) in [4.78, 5) is 0. The van der Waals surface area contributed by atoms with Crippen LogP contribution in [0.3, 0.4) is 0 Å². The molecule has 14 heavy (non-hydrogen) atoms. The van der Waals surface area contributed by atoms with Crippen molar-refractivity contribution in [3.05, 3.63) is 18.0 Å². The number of hydrogen-bond donors (Lipinski definition) is 1. The van der Waals surface area contributed by atoms with Crippen LogP contribution in [0.1, 0.15) is 25.5 Å². The molecule has 0 atom stereocenters. The van der Waals surface area contributed by atoms with Crippen molar-refractivity contribution in [2.75, 3.05) is 0 Å². The minimum Gasteiger partial charge on any atom is -0.386 e. The van der Waals surface area contributed by atoms with Crippen molar-refractivity contribution in [3.63, 3.8) is 0 Å². The topological polar surface area (TPSA) is 68.6 Å². The van der Waals surface area contributed by atoms with E-state index < -0.39 is 0 Å². The lowest BCUT2D eigenvalue weighted by Crippen LogP contribution is -2.19. The van der Waals surface area contributed by atoms with Gasteiger partial charge in [0.15, 0.2) is 0 Å². The van der Waals surface area contributed by atoms with E-state index in [0.717, 1.165) is 30.8 Å². The van der Waals surface area contributed by atoms with E-state index >= 15 is 0 Å². The fourth-order valence-corrected chi connectivity index (χ4v) is 1.48. The molecule has 5 heteroatoms. The maximum Gasteiger partial charge on any atom is 0.122 e. The molecule has 0 amide bonds. The summed E-state index contributed by atoms with van der Waals surface area (Å²) in [6.45, 7) is 2.90. The monoisotopic (exact) mass is 191 g/mol.